The monoisotopic (exact) mass is 268 g/mol. The lowest BCUT2D eigenvalue weighted by atomic mass is 10.4. The van der Waals surface area contributed by atoms with Gasteiger partial charge in [-0.2, -0.15) is 8.42 Å². The molecule has 0 aliphatic heterocycles. The molecule has 0 unspecified atom stereocenters. The third-order valence-corrected chi connectivity index (χ3v) is 3.35. The van der Waals surface area contributed by atoms with E-state index < -0.39 is 10.0 Å². The molecule has 0 saturated carbocycles. The van der Waals surface area contributed by atoms with Gasteiger partial charge in [0.25, 0.3) is 10.0 Å². The fourth-order valence-electron chi connectivity index (χ4n) is 1.27. The van der Waals surface area contributed by atoms with Crippen molar-refractivity contribution < 1.29 is 13.2 Å². The van der Waals surface area contributed by atoms with Gasteiger partial charge >= 0.3 is 0 Å². The Kier molecular flexibility index (Phi) is 3.47. The van der Waals surface area contributed by atoms with E-state index in [1.54, 1.807) is 12.1 Å². The SMILES string of the molecule is CCOc1ccc(NS(=O)(=O)c2cnc[nH]2)cn1. The van der Waals surface area contributed by atoms with Crippen LogP contribution in [-0.4, -0.2) is 30.0 Å². The lowest BCUT2D eigenvalue weighted by Crippen LogP contribution is -2.13. The molecule has 0 aromatic carbocycles. The van der Waals surface area contributed by atoms with E-state index in [0.717, 1.165) is 0 Å². The van der Waals surface area contributed by atoms with Gasteiger partial charge in [0.2, 0.25) is 5.88 Å². The summed E-state index contributed by atoms with van der Waals surface area (Å²) in [6, 6.07) is 3.17. The van der Waals surface area contributed by atoms with Crippen molar-refractivity contribution in [2.24, 2.45) is 0 Å². The lowest BCUT2D eigenvalue weighted by molar-refractivity contribution is 0.327. The largest absolute Gasteiger partial charge is 0.478 e. The van der Waals surface area contributed by atoms with Gasteiger partial charge in [-0.15, -0.1) is 0 Å². The van der Waals surface area contributed by atoms with Gasteiger partial charge in [-0.05, 0) is 13.0 Å². The number of imidazole rings is 1. The van der Waals surface area contributed by atoms with Gasteiger partial charge < -0.3 is 9.72 Å². The molecule has 7 nitrogen and oxygen atoms in total. The van der Waals surface area contributed by atoms with Crippen LogP contribution in [0.1, 0.15) is 6.92 Å². The van der Waals surface area contributed by atoms with Crippen LogP contribution in [-0.2, 0) is 10.0 Å². The molecule has 2 aromatic heterocycles. The average Bonchev–Trinajstić information content (AvgIpc) is 2.86. The highest BCUT2D eigenvalue weighted by Gasteiger charge is 2.15. The van der Waals surface area contributed by atoms with Gasteiger partial charge in [0.15, 0.2) is 5.03 Å². The second kappa shape index (κ2) is 5.05. The van der Waals surface area contributed by atoms with Crippen LogP contribution in [0.5, 0.6) is 5.88 Å². The second-order valence-electron chi connectivity index (χ2n) is 3.34. The number of hydrogen-bond acceptors (Lipinski definition) is 5. The minimum atomic E-state index is -3.64. The van der Waals surface area contributed by atoms with Gasteiger partial charge in [0.1, 0.15) is 0 Å². The quantitative estimate of drug-likeness (QED) is 0.843. The fraction of sp³-hybridized carbons (Fsp3) is 0.200. The Labute approximate surface area is 104 Å². The molecule has 0 atom stereocenters. The number of hydrogen-bond donors (Lipinski definition) is 2. The molecular formula is C10H12N4O3S. The van der Waals surface area contributed by atoms with E-state index in [4.69, 9.17) is 4.74 Å². The number of anilines is 1. The summed E-state index contributed by atoms with van der Waals surface area (Å²) in [5.41, 5.74) is 0.355. The van der Waals surface area contributed by atoms with Gasteiger partial charge in [0, 0.05) is 6.07 Å². The maximum absolute atomic E-state index is 11.8. The molecule has 8 heteroatoms. The van der Waals surface area contributed by atoms with Gasteiger partial charge in [-0.3, -0.25) is 4.72 Å². The average molecular weight is 268 g/mol. The highest BCUT2D eigenvalue weighted by atomic mass is 32.2. The fourth-order valence-corrected chi connectivity index (χ4v) is 2.22. The lowest BCUT2D eigenvalue weighted by Gasteiger charge is -2.06. The molecule has 2 rings (SSSR count). The van der Waals surface area contributed by atoms with E-state index in [2.05, 4.69) is 19.7 Å². The van der Waals surface area contributed by atoms with Crippen molar-refractivity contribution in [3.8, 4) is 5.88 Å². The summed E-state index contributed by atoms with van der Waals surface area (Å²) >= 11 is 0. The summed E-state index contributed by atoms with van der Waals surface area (Å²) in [5, 5.41) is -0.00335. The Bertz CT molecular complexity index is 593. The van der Waals surface area contributed by atoms with Crippen molar-refractivity contribution in [3.63, 3.8) is 0 Å². The summed E-state index contributed by atoms with van der Waals surface area (Å²) in [4.78, 5) is 10.1. The standard InChI is InChI=1S/C10H12N4O3S/c1-2-17-9-4-3-8(5-12-9)14-18(15,16)10-6-11-7-13-10/h3-7,14H,2H2,1H3,(H,11,13). The molecule has 2 aromatic rings. The molecule has 0 bridgehead atoms. The number of aromatic nitrogens is 3. The van der Waals surface area contributed by atoms with E-state index in [9.17, 15) is 8.42 Å². The third kappa shape index (κ3) is 2.77. The van der Waals surface area contributed by atoms with E-state index in [1.807, 2.05) is 6.92 Å². The van der Waals surface area contributed by atoms with Crippen LogP contribution in [0, 0.1) is 0 Å². The van der Waals surface area contributed by atoms with E-state index in [1.165, 1.54) is 18.7 Å². The number of aromatic amines is 1. The molecule has 2 heterocycles. The number of H-pyrrole nitrogens is 1. The predicted octanol–water partition coefficient (Wildman–Crippen LogP) is 1.00. The minimum Gasteiger partial charge on any atom is -0.478 e. The zero-order valence-corrected chi connectivity index (χ0v) is 10.4. The molecule has 2 N–H and O–H groups in total. The summed E-state index contributed by atoms with van der Waals surface area (Å²) in [6.07, 6.45) is 3.91. The molecule has 0 spiro atoms. The van der Waals surface area contributed by atoms with Crippen LogP contribution < -0.4 is 9.46 Å². The van der Waals surface area contributed by atoms with Crippen molar-refractivity contribution >= 4 is 15.7 Å². The van der Waals surface area contributed by atoms with Gasteiger partial charge in [-0.25, -0.2) is 9.97 Å². The Morgan fingerprint density at radius 1 is 1.39 bits per heavy atom. The topological polar surface area (TPSA) is 97.0 Å². The smallest absolute Gasteiger partial charge is 0.279 e. The second-order valence-corrected chi connectivity index (χ2v) is 4.99. The maximum Gasteiger partial charge on any atom is 0.279 e. The molecule has 18 heavy (non-hydrogen) atoms. The Morgan fingerprint density at radius 2 is 2.22 bits per heavy atom. The normalized spacial score (nSPS) is 11.2. The van der Waals surface area contributed by atoms with Crippen LogP contribution in [0.3, 0.4) is 0 Å². The zero-order chi connectivity index (χ0) is 13.0. The summed E-state index contributed by atoms with van der Waals surface area (Å²) < 4.78 is 31.2. The number of rotatable bonds is 5. The maximum atomic E-state index is 11.8. The van der Waals surface area contributed by atoms with Crippen LogP contribution in [0.2, 0.25) is 0 Å². The van der Waals surface area contributed by atoms with Crippen LogP contribution in [0.4, 0.5) is 5.69 Å². The molecular weight excluding hydrogens is 256 g/mol. The van der Waals surface area contributed by atoms with Crippen LogP contribution in [0.15, 0.2) is 35.9 Å². The number of nitrogens with one attached hydrogen (secondary N) is 2. The Morgan fingerprint density at radius 3 is 2.78 bits per heavy atom. The number of pyridine rings is 1. The molecule has 0 aliphatic rings. The molecule has 0 amide bonds. The first-order chi connectivity index (χ1) is 8.62. The van der Waals surface area contributed by atoms with Crippen molar-refractivity contribution in [2.45, 2.75) is 11.9 Å². The Balaban J connectivity index is 2.14. The first-order valence-corrected chi connectivity index (χ1v) is 6.70. The summed E-state index contributed by atoms with van der Waals surface area (Å²) in [6.45, 7) is 2.35. The first-order valence-electron chi connectivity index (χ1n) is 5.22. The molecule has 0 aliphatic carbocycles. The molecule has 0 fully saturated rings. The first kappa shape index (κ1) is 12.4. The van der Waals surface area contributed by atoms with Crippen molar-refractivity contribution in [3.05, 3.63) is 30.9 Å². The van der Waals surface area contributed by atoms with E-state index in [0.29, 0.717) is 18.2 Å². The zero-order valence-electron chi connectivity index (χ0n) is 9.62. The molecule has 96 valence electrons. The highest BCUT2D eigenvalue weighted by molar-refractivity contribution is 7.92. The van der Waals surface area contributed by atoms with Crippen LogP contribution >= 0.6 is 0 Å². The summed E-state index contributed by atoms with van der Waals surface area (Å²) in [7, 11) is -3.64. The minimum absolute atomic E-state index is 0.00335. The van der Waals surface area contributed by atoms with E-state index >= 15 is 0 Å². The van der Waals surface area contributed by atoms with Gasteiger partial charge in [0.05, 0.1) is 31.0 Å². The third-order valence-electron chi connectivity index (χ3n) is 2.04. The van der Waals surface area contributed by atoms with E-state index in [-0.39, 0.29) is 5.03 Å². The van der Waals surface area contributed by atoms with Crippen molar-refractivity contribution in [1.29, 1.82) is 0 Å². The number of sulfonamides is 1. The number of ether oxygens (including phenoxy) is 1. The molecule has 0 radical (unpaired) electrons. The predicted molar refractivity (Wildman–Crippen MR) is 64.8 cm³/mol. The van der Waals surface area contributed by atoms with Gasteiger partial charge in [-0.1, -0.05) is 0 Å². The highest BCUT2D eigenvalue weighted by Crippen LogP contribution is 2.15. The number of nitrogens with zero attached hydrogens (tertiary/aromatic N) is 2. The summed E-state index contributed by atoms with van der Waals surface area (Å²) in [5.74, 6) is 0.446. The van der Waals surface area contributed by atoms with Crippen molar-refractivity contribution in [1.82, 2.24) is 15.0 Å². The van der Waals surface area contributed by atoms with Crippen LogP contribution in [0.25, 0.3) is 0 Å². The van der Waals surface area contributed by atoms with Crippen molar-refractivity contribution in [2.75, 3.05) is 11.3 Å². The molecule has 0 saturated heterocycles. The Hall–Kier alpha value is -2.09.